The molecule has 0 unspecified atom stereocenters. The topological polar surface area (TPSA) is 34.9 Å². The zero-order valence-corrected chi connectivity index (χ0v) is 11.6. The highest BCUT2D eigenvalue weighted by Crippen LogP contribution is 2.38. The molecule has 0 radical (unpaired) electrons. The van der Waals surface area contributed by atoms with Crippen LogP contribution in [0.4, 0.5) is 0 Å². The lowest BCUT2D eigenvalue weighted by Crippen LogP contribution is -2.23. The molecule has 100 valence electrons. The summed E-state index contributed by atoms with van der Waals surface area (Å²) in [5.41, 5.74) is 0.810. The molecule has 1 saturated carbocycles. The van der Waals surface area contributed by atoms with E-state index in [1.807, 2.05) is 30.3 Å². The molecule has 0 aliphatic heterocycles. The summed E-state index contributed by atoms with van der Waals surface area (Å²) in [6, 6.07) is 11.1. The van der Waals surface area contributed by atoms with Gasteiger partial charge in [-0.15, -0.1) is 0 Å². The highest BCUT2D eigenvalue weighted by atomic mass is 35.5. The van der Waals surface area contributed by atoms with Gasteiger partial charge >= 0.3 is 0 Å². The summed E-state index contributed by atoms with van der Waals surface area (Å²) in [5.74, 6) is 7.21. The molecular formula is C16H13ClN2O. The fraction of sp³-hybridized carbons (Fsp3) is 0.250. The lowest BCUT2D eigenvalue weighted by atomic mass is 10.2. The highest BCUT2D eigenvalue weighted by Gasteiger charge is 2.28. The lowest BCUT2D eigenvalue weighted by molar-refractivity contribution is 0.691. The molecule has 3 nitrogen and oxygen atoms in total. The Bertz CT molecular complexity index is 737. The maximum absolute atomic E-state index is 12.0. The second kappa shape index (κ2) is 5.52. The van der Waals surface area contributed by atoms with Crippen LogP contribution < -0.4 is 5.56 Å². The minimum atomic E-state index is -0.130. The van der Waals surface area contributed by atoms with Gasteiger partial charge in [0.1, 0.15) is 11.0 Å². The van der Waals surface area contributed by atoms with Gasteiger partial charge in [-0.05, 0) is 25.0 Å². The van der Waals surface area contributed by atoms with E-state index in [1.165, 1.54) is 6.07 Å². The Balaban J connectivity index is 1.88. The van der Waals surface area contributed by atoms with E-state index in [9.17, 15) is 4.79 Å². The summed E-state index contributed by atoms with van der Waals surface area (Å²) in [6.07, 6.45) is 2.14. The molecule has 0 amide bonds. The van der Waals surface area contributed by atoms with Crippen molar-refractivity contribution in [1.29, 1.82) is 0 Å². The van der Waals surface area contributed by atoms with Crippen molar-refractivity contribution < 1.29 is 0 Å². The molecule has 0 spiro atoms. The summed E-state index contributed by atoms with van der Waals surface area (Å²) in [5, 5.41) is 0.268. The number of benzene rings is 1. The smallest absolute Gasteiger partial charge is 0.255 e. The Morgan fingerprint density at radius 2 is 2.05 bits per heavy atom. The second-order valence-corrected chi connectivity index (χ2v) is 5.19. The van der Waals surface area contributed by atoms with Crippen LogP contribution in [0, 0.1) is 11.8 Å². The summed E-state index contributed by atoms with van der Waals surface area (Å²) >= 11 is 5.86. The number of aromatic nitrogens is 2. The van der Waals surface area contributed by atoms with Crippen LogP contribution in [0.15, 0.2) is 41.2 Å². The first kappa shape index (κ1) is 13.0. The van der Waals surface area contributed by atoms with Gasteiger partial charge in [0.15, 0.2) is 0 Å². The highest BCUT2D eigenvalue weighted by molar-refractivity contribution is 6.29. The SMILES string of the molecule is O=c1cc(Cl)nc(C2CC2)n1CC#Cc1ccccc1. The van der Waals surface area contributed by atoms with Crippen molar-refractivity contribution in [2.45, 2.75) is 25.3 Å². The van der Waals surface area contributed by atoms with E-state index in [4.69, 9.17) is 11.6 Å². The molecule has 0 bridgehead atoms. The van der Waals surface area contributed by atoms with Crippen LogP contribution >= 0.6 is 11.6 Å². The van der Waals surface area contributed by atoms with Crippen LogP contribution in [0.3, 0.4) is 0 Å². The molecule has 1 aliphatic carbocycles. The van der Waals surface area contributed by atoms with E-state index in [2.05, 4.69) is 16.8 Å². The van der Waals surface area contributed by atoms with Gasteiger partial charge in [0.2, 0.25) is 0 Å². The first-order valence-electron chi connectivity index (χ1n) is 6.55. The van der Waals surface area contributed by atoms with Crippen LogP contribution in [0.25, 0.3) is 0 Å². The third kappa shape index (κ3) is 2.92. The fourth-order valence-corrected chi connectivity index (χ4v) is 2.23. The van der Waals surface area contributed by atoms with Gasteiger partial charge in [0.05, 0.1) is 6.54 Å². The zero-order valence-electron chi connectivity index (χ0n) is 10.8. The van der Waals surface area contributed by atoms with Crippen LogP contribution in [-0.2, 0) is 6.54 Å². The lowest BCUT2D eigenvalue weighted by Gasteiger charge is -2.07. The van der Waals surface area contributed by atoms with Gasteiger partial charge in [-0.1, -0.05) is 41.6 Å². The van der Waals surface area contributed by atoms with E-state index >= 15 is 0 Å². The summed E-state index contributed by atoms with van der Waals surface area (Å²) in [6.45, 7) is 0.351. The van der Waals surface area contributed by atoms with Crippen LogP contribution in [0.2, 0.25) is 5.15 Å². The van der Waals surface area contributed by atoms with Gasteiger partial charge in [-0.2, -0.15) is 0 Å². The van der Waals surface area contributed by atoms with Crippen LogP contribution in [0.5, 0.6) is 0 Å². The minimum absolute atomic E-state index is 0.130. The number of nitrogens with zero attached hydrogens (tertiary/aromatic N) is 2. The third-order valence-corrected chi connectivity index (χ3v) is 3.39. The summed E-state index contributed by atoms with van der Waals surface area (Å²) < 4.78 is 1.62. The van der Waals surface area contributed by atoms with Gasteiger partial charge in [0, 0.05) is 17.5 Å². The number of hydrogen-bond acceptors (Lipinski definition) is 2. The van der Waals surface area contributed by atoms with E-state index in [0.717, 1.165) is 24.2 Å². The molecule has 1 heterocycles. The Hall–Kier alpha value is -2.05. The van der Waals surface area contributed by atoms with Crippen LogP contribution in [0.1, 0.15) is 30.1 Å². The van der Waals surface area contributed by atoms with Crippen molar-refractivity contribution in [2.75, 3.05) is 0 Å². The Labute approximate surface area is 122 Å². The molecular weight excluding hydrogens is 272 g/mol. The van der Waals surface area contributed by atoms with E-state index in [1.54, 1.807) is 4.57 Å². The Morgan fingerprint density at radius 3 is 2.75 bits per heavy atom. The van der Waals surface area contributed by atoms with E-state index < -0.39 is 0 Å². The van der Waals surface area contributed by atoms with Gasteiger partial charge < -0.3 is 0 Å². The largest absolute Gasteiger partial charge is 0.284 e. The quantitative estimate of drug-likeness (QED) is 0.628. The zero-order chi connectivity index (χ0) is 13.9. The Kier molecular flexibility index (Phi) is 3.58. The standard InChI is InChI=1S/C16H13ClN2O/c17-14-11-15(20)19(16(18-14)13-8-9-13)10-4-7-12-5-2-1-3-6-12/h1-3,5-6,11,13H,8-10H2. The van der Waals surface area contributed by atoms with Crippen LogP contribution in [-0.4, -0.2) is 9.55 Å². The van der Waals surface area contributed by atoms with Gasteiger partial charge in [0.25, 0.3) is 5.56 Å². The van der Waals surface area contributed by atoms with Crippen molar-refractivity contribution in [1.82, 2.24) is 9.55 Å². The molecule has 0 saturated heterocycles. The number of halogens is 1. The summed E-state index contributed by atoms with van der Waals surface area (Å²) in [7, 11) is 0. The number of rotatable bonds is 2. The minimum Gasteiger partial charge on any atom is -0.284 e. The first-order chi connectivity index (χ1) is 9.74. The molecule has 3 rings (SSSR count). The molecule has 20 heavy (non-hydrogen) atoms. The molecule has 2 aromatic rings. The van der Waals surface area contributed by atoms with Crippen molar-refractivity contribution in [3.63, 3.8) is 0 Å². The molecule has 0 atom stereocenters. The number of hydrogen-bond donors (Lipinski definition) is 0. The van der Waals surface area contributed by atoms with E-state index in [-0.39, 0.29) is 10.7 Å². The second-order valence-electron chi connectivity index (χ2n) is 4.80. The predicted octanol–water partition coefficient (Wildman–Crippen LogP) is 2.83. The molecule has 1 aromatic carbocycles. The third-order valence-electron chi connectivity index (χ3n) is 3.19. The van der Waals surface area contributed by atoms with Crippen molar-refractivity contribution in [3.05, 3.63) is 63.3 Å². The average molecular weight is 285 g/mol. The van der Waals surface area contributed by atoms with Crippen molar-refractivity contribution >= 4 is 11.6 Å². The fourth-order valence-electron chi connectivity index (χ4n) is 2.05. The van der Waals surface area contributed by atoms with Gasteiger partial charge in [-0.3, -0.25) is 9.36 Å². The Morgan fingerprint density at radius 1 is 1.30 bits per heavy atom. The van der Waals surface area contributed by atoms with Crippen molar-refractivity contribution in [2.24, 2.45) is 0 Å². The molecule has 0 N–H and O–H groups in total. The predicted molar refractivity (Wildman–Crippen MR) is 78.8 cm³/mol. The first-order valence-corrected chi connectivity index (χ1v) is 6.93. The maximum atomic E-state index is 12.0. The monoisotopic (exact) mass is 284 g/mol. The normalized spacial score (nSPS) is 13.7. The molecule has 1 aliphatic rings. The van der Waals surface area contributed by atoms with Gasteiger partial charge in [-0.25, -0.2) is 4.98 Å². The molecule has 1 aromatic heterocycles. The molecule has 1 fully saturated rings. The molecule has 4 heteroatoms. The maximum Gasteiger partial charge on any atom is 0.255 e. The van der Waals surface area contributed by atoms with E-state index in [0.29, 0.717) is 12.5 Å². The van der Waals surface area contributed by atoms with Crippen molar-refractivity contribution in [3.8, 4) is 11.8 Å². The summed E-state index contributed by atoms with van der Waals surface area (Å²) in [4.78, 5) is 16.3. The average Bonchev–Trinajstić information content (AvgIpc) is 3.26.